The summed E-state index contributed by atoms with van der Waals surface area (Å²) >= 11 is 0. The molecule has 9 aromatic rings. The van der Waals surface area contributed by atoms with Crippen LogP contribution < -0.4 is 4.90 Å². The smallest absolute Gasteiger partial charge is 0.0543 e. The number of fused-ring (bicyclic) bond motifs is 7. The van der Waals surface area contributed by atoms with Gasteiger partial charge in [-0.05, 0) is 93.2 Å². The van der Waals surface area contributed by atoms with E-state index >= 15 is 0 Å². The lowest BCUT2D eigenvalue weighted by Gasteiger charge is -2.29. The highest BCUT2D eigenvalue weighted by atomic mass is 15.1. The normalized spacial score (nSPS) is 13.1. The van der Waals surface area contributed by atoms with Crippen molar-refractivity contribution < 1.29 is 0 Å². The second kappa shape index (κ2) is 11.3. The predicted octanol–water partition coefficient (Wildman–Crippen LogP) is 13.4. The van der Waals surface area contributed by atoms with Crippen molar-refractivity contribution in [3.05, 3.63) is 193 Å². The van der Waals surface area contributed by atoms with Gasteiger partial charge in [0.25, 0.3) is 0 Å². The number of rotatable bonds is 5. The molecular weight excluding hydrogens is 617 g/mol. The molecule has 0 unspecified atom stereocenters. The highest BCUT2D eigenvalue weighted by Gasteiger charge is 2.37. The average molecular weight is 653 g/mol. The number of hydrogen-bond donors (Lipinski definition) is 0. The van der Waals surface area contributed by atoms with E-state index in [1.54, 1.807) is 0 Å². The molecule has 242 valence electrons. The molecule has 0 fully saturated rings. The zero-order chi connectivity index (χ0) is 34.1. The summed E-state index contributed by atoms with van der Waals surface area (Å²) in [5, 5.41) is 5.06. The van der Waals surface area contributed by atoms with Crippen molar-refractivity contribution in [2.24, 2.45) is 0 Å². The first-order valence-corrected chi connectivity index (χ1v) is 17.8. The quantitative estimate of drug-likeness (QED) is 0.180. The molecule has 0 N–H and O–H groups in total. The Morgan fingerprint density at radius 3 is 1.69 bits per heavy atom. The standard InChI is InChI=1S/C49H36N2/c1-49(2)43-20-8-5-18-42(43)48-44(49)21-12-24-47(48)50(35-27-25-34(26-28-35)39-19-11-14-33-13-3-4-15-38(33)39)36-29-31-37(32-30-36)51-45-22-9-6-16-40(45)41-17-7-10-23-46(41)51/h3-32H,1-2H3. The van der Waals surface area contributed by atoms with Crippen LogP contribution in [0.15, 0.2) is 182 Å². The second-order valence-electron chi connectivity index (χ2n) is 14.2. The van der Waals surface area contributed by atoms with Crippen molar-refractivity contribution in [1.29, 1.82) is 0 Å². The Morgan fingerprint density at radius 1 is 0.431 bits per heavy atom. The minimum atomic E-state index is -0.0910. The molecule has 51 heavy (non-hydrogen) atoms. The summed E-state index contributed by atoms with van der Waals surface area (Å²) in [5.41, 5.74) is 14.7. The summed E-state index contributed by atoms with van der Waals surface area (Å²) in [6, 6.07) is 66.6. The molecule has 2 nitrogen and oxygen atoms in total. The lowest BCUT2D eigenvalue weighted by atomic mass is 9.82. The van der Waals surface area contributed by atoms with Gasteiger partial charge in [-0.15, -0.1) is 0 Å². The molecule has 0 spiro atoms. The van der Waals surface area contributed by atoms with Gasteiger partial charge in [0.1, 0.15) is 0 Å². The average Bonchev–Trinajstić information content (AvgIpc) is 3.64. The van der Waals surface area contributed by atoms with Gasteiger partial charge in [-0.25, -0.2) is 0 Å². The molecule has 1 aromatic heterocycles. The third-order valence-electron chi connectivity index (χ3n) is 11.0. The Kier molecular flexibility index (Phi) is 6.56. The number of hydrogen-bond acceptors (Lipinski definition) is 1. The first-order chi connectivity index (χ1) is 25.1. The third kappa shape index (κ3) is 4.50. The molecule has 2 heteroatoms. The fourth-order valence-electron chi connectivity index (χ4n) is 8.57. The lowest BCUT2D eigenvalue weighted by Crippen LogP contribution is -2.16. The first-order valence-electron chi connectivity index (χ1n) is 17.8. The number of aromatic nitrogens is 1. The van der Waals surface area contributed by atoms with Crippen molar-refractivity contribution in [3.8, 4) is 27.9 Å². The highest BCUT2D eigenvalue weighted by Crippen LogP contribution is 2.54. The Hall–Kier alpha value is -6.38. The Labute approximate surface area is 298 Å². The van der Waals surface area contributed by atoms with Crippen LogP contribution in [0, 0.1) is 0 Å². The van der Waals surface area contributed by atoms with Gasteiger partial charge in [0.2, 0.25) is 0 Å². The van der Waals surface area contributed by atoms with Crippen molar-refractivity contribution in [2.75, 3.05) is 4.90 Å². The minimum absolute atomic E-state index is 0.0910. The number of anilines is 3. The Morgan fingerprint density at radius 2 is 0.961 bits per heavy atom. The van der Waals surface area contributed by atoms with Gasteiger partial charge in [0.15, 0.2) is 0 Å². The fourth-order valence-corrected chi connectivity index (χ4v) is 8.57. The van der Waals surface area contributed by atoms with E-state index in [0.29, 0.717) is 0 Å². The summed E-state index contributed by atoms with van der Waals surface area (Å²) in [5.74, 6) is 0. The summed E-state index contributed by atoms with van der Waals surface area (Å²) < 4.78 is 2.39. The molecule has 1 aliphatic rings. The molecule has 8 aromatic carbocycles. The van der Waals surface area contributed by atoms with E-state index in [-0.39, 0.29) is 5.41 Å². The largest absolute Gasteiger partial charge is 0.310 e. The summed E-state index contributed by atoms with van der Waals surface area (Å²) in [6.07, 6.45) is 0. The molecule has 1 heterocycles. The van der Waals surface area contributed by atoms with Crippen LogP contribution in [0.25, 0.3) is 60.5 Å². The van der Waals surface area contributed by atoms with Crippen LogP contribution in [0.5, 0.6) is 0 Å². The molecule has 0 bridgehead atoms. The van der Waals surface area contributed by atoms with E-state index < -0.39 is 0 Å². The molecular formula is C49H36N2. The van der Waals surface area contributed by atoms with Gasteiger partial charge in [-0.2, -0.15) is 0 Å². The minimum Gasteiger partial charge on any atom is -0.310 e. The fraction of sp³-hybridized carbons (Fsp3) is 0.0612. The van der Waals surface area contributed by atoms with Gasteiger partial charge in [0, 0.05) is 38.8 Å². The van der Waals surface area contributed by atoms with Crippen LogP contribution in [0.4, 0.5) is 17.1 Å². The number of nitrogens with zero attached hydrogens (tertiary/aromatic N) is 2. The predicted molar refractivity (Wildman–Crippen MR) is 216 cm³/mol. The zero-order valence-electron chi connectivity index (χ0n) is 28.7. The molecule has 0 saturated heterocycles. The van der Waals surface area contributed by atoms with Crippen molar-refractivity contribution in [2.45, 2.75) is 19.3 Å². The van der Waals surface area contributed by atoms with Crippen LogP contribution in [-0.4, -0.2) is 4.57 Å². The molecule has 1 aliphatic carbocycles. The van der Waals surface area contributed by atoms with Gasteiger partial charge in [-0.1, -0.05) is 141 Å². The zero-order valence-corrected chi connectivity index (χ0v) is 28.7. The van der Waals surface area contributed by atoms with E-state index in [0.717, 1.165) is 17.1 Å². The summed E-state index contributed by atoms with van der Waals surface area (Å²) in [6.45, 7) is 4.70. The van der Waals surface area contributed by atoms with E-state index in [9.17, 15) is 0 Å². The molecule has 0 saturated carbocycles. The van der Waals surface area contributed by atoms with Gasteiger partial charge in [-0.3, -0.25) is 0 Å². The lowest BCUT2D eigenvalue weighted by molar-refractivity contribution is 0.660. The van der Waals surface area contributed by atoms with Crippen molar-refractivity contribution in [1.82, 2.24) is 4.57 Å². The maximum Gasteiger partial charge on any atom is 0.0543 e. The summed E-state index contributed by atoms with van der Waals surface area (Å²) in [7, 11) is 0. The first kappa shape index (κ1) is 29.5. The monoisotopic (exact) mass is 652 g/mol. The van der Waals surface area contributed by atoms with Crippen LogP contribution in [-0.2, 0) is 5.41 Å². The van der Waals surface area contributed by atoms with E-state index in [2.05, 4.69) is 205 Å². The summed E-state index contributed by atoms with van der Waals surface area (Å²) in [4.78, 5) is 2.44. The van der Waals surface area contributed by atoms with Crippen molar-refractivity contribution in [3.63, 3.8) is 0 Å². The van der Waals surface area contributed by atoms with E-state index in [1.165, 1.54) is 71.6 Å². The van der Waals surface area contributed by atoms with Gasteiger partial charge >= 0.3 is 0 Å². The number of benzene rings is 8. The van der Waals surface area contributed by atoms with Crippen LogP contribution in [0.3, 0.4) is 0 Å². The van der Waals surface area contributed by atoms with Gasteiger partial charge in [0.05, 0.1) is 16.7 Å². The van der Waals surface area contributed by atoms with Gasteiger partial charge < -0.3 is 9.47 Å². The number of para-hydroxylation sites is 2. The topological polar surface area (TPSA) is 8.17 Å². The SMILES string of the molecule is CC1(C)c2ccccc2-c2c(N(c3ccc(-c4cccc5ccccc45)cc3)c3ccc(-n4c5ccccc5c5ccccc54)cc3)cccc21. The highest BCUT2D eigenvalue weighted by molar-refractivity contribution is 6.09. The van der Waals surface area contributed by atoms with E-state index in [4.69, 9.17) is 0 Å². The molecule has 10 rings (SSSR count). The maximum atomic E-state index is 2.44. The van der Waals surface area contributed by atoms with Crippen LogP contribution >= 0.6 is 0 Å². The maximum absolute atomic E-state index is 2.44. The molecule has 0 amide bonds. The van der Waals surface area contributed by atoms with Crippen LogP contribution in [0.2, 0.25) is 0 Å². The van der Waals surface area contributed by atoms with E-state index in [1.807, 2.05) is 0 Å². The second-order valence-corrected chi connectivity index (χ2v) is 14.2. The molecule has 0 atom stereocenters. The van der Waals surface area contributed by atoms with Crippen molar-refractivity contribution >= 4 is 49.6 Å². The van der Waals surface area contributed by atoms with Crippen LogP contribution in [0.1, 0.15) is 25.0 Å². The Bertz CT molecular complexity index is 2710. The molecule has 0 radical (unpaired) electrons. The molecule has 0 aliphatic heterocycles. The Balaban J connectivity index is 1.15. The third-order valence-corrected chi connectivity index (χ3v) is 11.0.